The fraction of sp³-hybridized carbons (Fsp3) is 0.750. The lowest BCUT2D eigenvalue weighted by molar-refractivity contribution is -0.152. The molecule has 0 aromatic rings. The van der Waals surface area contributed by atoms with E-state index in [4.69, 9.17) is 42.3 Å². The molecule has 0 amide bonds. The van der Waals surface area contributed by atoms with Crippen LogP contribution < -0.4 is 0 Å². The number of fused-ring (bicyclic) bond motifs is 2. The van der Waals surface area contributed by atoms with E-state index in [1.165, 1.54) is 0 Å². The molecule has 4 fully saturated rings. The van der Waals surface area contributed by atoms with Gasteiger partial charge >= 0.3 is 24.2 Å². The quantitative estimate of drug-likeness (QED) is 0.0290. The number of allylic oxidation sites excluding steroid dienone is 6. The van der Waals surface area contributed by atoms with Gasteiger partial charge in [-0.15, -0.1) is 0 Å². The van der Waals surface area contributed by atoms with Gasteiger partial charge in [-0.2, -0.15) is 0 Å². The molecule has 20 unspecified atom stereocenters. The summed E-state index contributed by atoms with van der Waals surface area (Å²) in [6.07, 6.45) is 19.3. The van der Waals surface area contributed by atoms with E-state index < -0.39 is 80.4 Å². The van der Waals surface area contributed by atoms with Crippen molar-refractivity contribution >= 4 is 32.6 Å². The fourth-order valence-corrected chi connectivity index (χ4v) is 12.6. The average Bonchev–Trinajstić information content (AvgIpc) is 4.30. The van der Waals surface area contributed by atoms with Crippen LogP contribution in [0.1, 0.15) is 168 Å². The second-order valence-corrected chi connectivity index (χ2v) is 31.1. The lowest BCUT2D eigenvalue weighted by Crippen LogP contribution is -2.46. The van der Waals surface area contributed by atoms with Crippen molar-refractivity contribution < 1.29 is 76.8 Å². The van der Waals surface area contributed by atoms with Crippen molar-refractivity contribution in [3.8, 4) is 0 Å². The first-order chi connectivity index (χ1) is 37.8. The minimum atomic E-state index is -1.85. The molecule has 0 saturated carbocycles. The number of carbonyl (C=O) groups excluding carboxylic acids is 4. The first-order valence-corrected chi connectivity index (χ1v) is 33.0. The number of rotatable bonds is 18. The highest BCUT2D eigenvalue weighted by atomic mass is 28.4. The van der Waals surface area contributed by atoms with Crippen molar-refractivity contribution in [2.75, 3.05) is 0 Å². The maximum absolute atomic E-state index is 12.7. The van der Waals surface area contributed by atoms with Gasteiger partial charge in [0.2, 0.25) is 0 Å². The predicted octanol–water partition coefficient (Wildman–Crippen LogP) is 12.3. The Morgan fingerprint density at radius 2 is 1.09 bits per heavy atom. The van der Waals surface area contributed by atoms with Crippen molar-refractivity contribution in [3.05, 3.63) is 71.9 Å². The molecule has 0 aromatic carbocycles. The second kappa shape index (κ2) is 29.1. The highest BCUT2D eigenvalue weighted by Gasteiger charge is 2.50. The van der Waals surface area contributed by atoms with Crippen LogP contribution in [-0.2, 0) is 51.9 Å². The van der Waals surface area contributed by atoms with Gasteiger partial charge in [0.05, 0.1) is 55.6 Å². The molecule has 6 rings (SSSR count). The SMILES string of the molecule is CCC(O)C(C)C1OC1CC(C)/C=C/C=C(\C)C1OC(=O)CC(O)CCC2(C)OC(=O)OC2/C=C/C1C.CCC(O[Si](C)(C)C(C)(C)C)C(C)C1OC1CC(C)/C=C/C=C(\C)C1OC(=O)CC(O)CCC2(C)OC(=O)OC2/C=C/C1C. The summed E-state index contributed by atoms with van der Waals surface area (Å²) in [4.78, 5) is 49.1. The molecule has 0 bridgehead atoms. The van der Waals surface area contributed by atoms with Crippen LogP contribution in [0.25, 0.3) is 0 Å². The van der Waals surface area contributed by atoms with Gasteiger partial charge in [0.1, 0.15) is 12.2 Å². The smallest absolute Gasteiger partial charge is 0.457 e. The molecule has 16 nitrogen and oxygen atoms in total. The Balaban J connectivity index is 0.000000302. The van der Waals surface area contributed by atoms with Crippen LogP contribution in [-0.4, -0.2) is 132 Å². The first kappa shape index (κ1) is 67.7. The largest absolute Gasteiger partial charge is 0.509 e. The van der Waals surface area contributed by atoms with Crippen molar-refractivity contribution in [2.45, 2.75) is 271 Å². The molecule has 0 radical (unpaired) electrons. The molecule has 0 aliphatic carbocycles. The molecule has 6 aliphatic rings. The summed E-state index contributed by atoms with van der Waals surface area (Å²) in [7, 11) is -1.85. The number of hydrogen-bond acceptors (Lipinski definition) is 16. The van der Waals surface area contributed by atoms with Crippen LogP contribution in [0.3, 0.4) is 0 Å². The Kier molecular flexibility index (Phi) is 24.3. The van der Waals surface area contributed by atoms with Crippen molar-refractivity contribution in [2.24, 2.45) is 35.5 Å². The summed E-state index contributed by atoms with van der Waals surface area (Å²) in [5, 5.41) is 31.1. The molecule has 6 heterocycles. The predicted molar refractivity (Wildman–Crippen MR) is 313 cm³/mol. The van der Waals surface area contributed by atoms with Crippen molar-refractivity contribution in [1.29, 1.82) is 0 Å². The average molecular weight is 1160 g/mol. The standard InChI is InChI=1S/C35H58O8Si.C29H44O8/c1-12-27(43-44(10,11)34(6,7)8)25(5)32-28(39-32)20-22(2)14-13-15-23(3)31-24(4)16-17-29-35(9,42-33(38)40-29)19-18-26(36)21-30(37)41-31;1-7-22(31)20(5)27-23(34-27)15-17(2)9-8-10-18(3)26-19(4)11-12-24-29(6,37-28(33)35-24)14-13-21(30)16-25(32)36-26/h13-17,22,24-29,31-32,36H,12,18-21H2,1-11H3;8-12,17,19-24,26-27,30-31H,7,13-16H2,1-6H3/b14-13+,17-16+,23-15+;9-8+,12-11+,18-10+. The van der Waals surface area contributed by atoms with E-state index in [0.29, 0.717) is 24.7 Å². The summed E-state index contributed by atoms with van der Waals surface area (Å²) < 4.78 is 52.0. The molecule has 17 heteroatoms. The number of ether oxygens (including phenoxy) is 8. The maximum Gasteiger partial charge on any atom is 0.509 e. The fourth-order valence-electron chi connectivity index (χ4n) is 11.1. The topological polar surface area (TPSA) is 219 Å². The van der Waals surface area contributed by atoms with Crippen LogP contribution in [0.2, 0.25) is 18.1 Å². The minimum absolute atomic E-state index is 0.119. The van der Waals surface area contributed by atoms with Crippen LogP contribution in [0, 0.1) is 35.5 Å². The van der Waals surface area contributed by atoms with Gasteiger partial charge in [0.25, 0.3) is 0 Å². The van der Waals surface area contributed by atoms with E-state index in [1.54, 1.807) is 19.9 Å². The Morgan fingerprint density at radius 3 is 1.47 bits per heavy atom. The lowest BCUT2D eigenvalue weighted by atomic mass is 9.89. The van der Waals surface area contributed by atoms with Crippen molar-refractivity contribution in [1.82, 2.24) is 0 Å². The van der Waals surface area contributed by atoms with E-state index in [1.807, 2.05) is 84.1 Å². The van der Waals surface area contributed by atoms with E-state index in [2.05, 4.69) is 73.7 Å². The maximum atomic E-state index is 12.7. The van der Waals surface area contributed by atoms with Gasteiger partial charge in [0.15, 0.2) is 31.7 Å². The monoisotopic (exact) mass is 1150 g/mol. The molecule has 6 aliphatic heterocycles. The molecule has 20 atom stereocenters. The Morgan fingerprint density at radius 1 is 0.679 bits per heavy atom. The zero-order valence-electron chi connectivity index (χ0n) is 51.9. The summed E-state index contributed by atoms with van der Waals surface area (Å²) in [5.74, 6) is -0.238. The number of carbonyl (C=O) groups is 4. The third kappa shape index (κ3) is 19.5. The highest BCUT2D eigenvalue weighted by Crippen LogP contribution is 2.43. The van der Waals surface area contributed by atoms with Crippen molar-refractivity contribution in [3.63, 3.8) is 0 Å². The third-order valence-electron chi connectivity index (χ3n) is 17.9. The molecule has 81 heavy (non-hydrogen) atoms. The number of esters is 2. The lowest BCUT2D eigenvalue weighted by Gasteiger charge is -2.40. The number of aliphatic hydroxyl groups is 3. The van der Waals surface area contributed by atoms with Gasteiger partial charge in [-0.25, -0.2) is 9.59 Å². The zero-order valence-corrected chi connectivity index (χ0v) is 52.9. The molecule has 0 spiro atoms. The van der Waals surface area contributed by atoms with Gasteiger partial charge in [-0.1, -0.05) is 125 Å². The summed E-state index contributed by atoms with van der Waals surface area (Å²) in [6, 6.07) is 0. The van der Waals surface area contributed by atoms with Gasteiger partial charge < -0.3 is 57.6 Å². The van der Waals surface area contributed by atoms with E-state index in [9.17, 15) is 34.5 Å². The normalized spacial score (nSPS) is 36.5. The van der Waals surface area contributed by atoms with Crippen LogP contribution in [0.4, 0.5) is 9.59 Å². The second-order valence-electron chi connectivity index (χ2n) is 26.3. The van der Waals surface area contributed by atoms with E-state index >= 15 is 0 Å². The molecule has 3 N–H and O–H groups in total. The Bertz CT molecular complexity index is 2300. The third-order valence-corrected chi connectivity index (χ3v) is 22.4. The summed E-state index contributed by atoms with van der Waals surface area (Å²) >= 11 is 0. The minimum Gasteiger partial charge on any atom is -0.457 e. The zero-order chi connectivity index (χ0) is 60.4. The van der Waals surface area contributed by atoms with E-state index in [0.717, 1.165) is 36.8 Å². The Hall–Kier alpha value is -4.10. The van der Waals surface area contributed by atoms with Crippen LogP contribution >= 0.6 is 0 Å². The van der Waals surface area contributed by atoms with Crippen LogP contribution in [0.5, 0.6) is 0 Å². The summed E-state index contributed by atoms with van der Waals surface area (Å²) in [5.41, 5.74) is -0.0415. The molecular weight excluding hydrogens is 1050 g/mol. The van der Waals surface area contributed by atoms with E-state index in [-0.39, 0.29) is 91.0 Å². The first-order valence-electron chi connectivity index (χ1n) is 30.1. The number of epoxide rings is 2. The number of cyclic esters (lactones) is 2. The van der Waals surface area contributed by atoms with Crippen LogP contribution in [0.15, 0.2) is 71.9 Å². The highest BCUT2D eigenvalue weighted by molar-refractivity contribution is 6.74. The number of hydrogen-bond donors (Lipinski definition) is 3. The molecule has 458 valence electrons. The van der Waals surface area contributed by atoms with Gasteiger partial charge in [-0.3, -0.25) is 9.59 Å². The Labute approximate surface area is 485 Å². The molecular formula is C64H102O16Si. The van der Waals surface area contributed by atoms with Gasteiger partial charge in [0, 0.05) is 29.8 Å². The number of aliphatic hydroxyl groups excluding tert-OH is 3. The summed E-state index contributed by atoms with van der Waals surface area (Å²) in [6.45, 7) is 35.6. The molecule has 0 aromatic heterocycles. The van der Waals surface area contributed by atoms with Gasteiger partial charge in [-0.05, 0) is 132 Å². The molecule has 4 saturated heterocycles.